The molecule has 0 aliphatic carbocycles. The summed E-state index contributed by atoms with van der Waals surface area (Å²) in [6.45, 7) is 10.9. The molecule has 23 heavy (non-hydrogen) atoms. The van der Waals surface area contributed by atoms with E-state index in [9.17, 15) is 4.39 Å². The number of halogens is 1. The lowest BCUT2D eigenvalue weighted by Gasteiger charge is -2.40. The standard InChI is InChI=1S/C18H26FNO2Si/c1-18(2,3)23(4,5)22-17(15-7-6-12-21-15)16(20)13-8-10-14(19)11-9-13/h6-12,16-17H,20H2,1-5H3/t16-,17+/m0/s1. The SMILES string of the molecule is CC(C)(C)[Si](C)(C)O[C@H](c1ccco1)[C@@H](N)c1ccc(F)cc1. The summed E-state index contributed by atoms with van der Waals surface area (Å²) >= 11 is 0. The van der Waals surface area contributed by atoms with E-state index in [0.717, 1.165) is 5.56 Å². The fourth-order valence-corrected chi connectivity index (χ4v) is 3.37. The van der Waals surface area contributed by atoms with Gasteiger partial charge in [0, 0.05) is 0 Å². The first-order valence-corrected chi connectivity index (χ1v) is 10.7. The maximum Gasteiger partial charge on any atom is 0.193 e. The molecule has 2 rings (SSSR count). The van der Waals surface area contributed by atoms with Gasteiger partial charge in [0.15, 0.2) is 8.32 Å². The zero-order valence-electron chi connectivity index (χ0n) is 14.5. The predicted octanol–water partition coefficient (Wildman–Crippen LogP) is 5.18. The molecule has 0 fully saturated rings. The Bertz CT molecular complexity index is 617. The van der Waals surface area contributed by atoms with Crippen LogP contribution in [0.25, 0.3) is 0 Å². The van der Waals surface area contributed by atoms with Gasteiger partial charge in [-0.1, -0.05) is 32.9 Å². The van der Waals surface area contributed by atoms with Gasteiger partial charge in [-0.15, -0.1) is 0 Å². The minimum absolute atomic E-state index is 0.0559. The van der Waals surface area contributed by atoms with Crippen molar-refractivity contribution in [1.29, 1.82) is 0 Å². The molecule has 2 aromatic rings. The molecule has 126 valence electrons. The number of hydrogen-bond donors (Lipinski definition) is 1. The van der Waals surface area contributed by atoms with Crippen LogP contribution in [-0.2, 0) is 4.43 Å². The third-order valence-corrected chi connectivity index (χ3v) is 9.09. The number of nitrogens with two attached hydrogens (primary N) is 1. The van der Waals surface area contributed by atoms with Gasteiger partial charge in [-0.25, -0.2) is 4.39 Å². The lowest BCUT2D eigenvalue weighted by molar-refractivity contribution is 0.129. The molecular weight excluding hydrogens is 309 g/mol. The Morgan fingerprint density at radius 3 is 2.22 bits per heavy atom. The molecule has 0 saturated heterocycles. The summed E-state index contributed by atoms with van der Waals surface area (Å²) in [5.74, 6) is 0.424. The zero-order valence-corrected chi connectivity index (χ0v) is 15.5. The van der Waals surface area contributed by atoms with E-state index in [-0.39, 0.29) is 10.9 Å². The fourth-order valence-electron chi connectivity index (χ4n) is 2.12. The van der Waals surface area contributed by atoms with Gasteiger partial charge in [0.05, 0.1) is 12.3 Å². The lowest BCUT2D eigenvalue weighted by atomic mass is 10.0. The van der Waals surface area contributed by atoms with Crippen LogP contribution in [0.15, 0.2) is 47.1 Å². The van der Waals surface area contributed by atoms with E-state index in [1.165, 1.54) is 12.1 Å². The molecule has 0 aliphatic heterocycles. The highest BCUT2D eigenvalue weighted by molar-refractivity contribution is 6.74. The smallest absolute Gasteiger partial charge is 0.193 e. The topological polar surface area (TPSA) is 48.4 Å². The van der Waals surface area contributed by atoms with Gasteiger partial charge in [0.25, 0.3) is 0 Å². The normalized spacial score (nSPS) is 15.4. The second-order valence-electron chi connectivity index (χ2n) is 7.39. The highest BCUT2D eigenvalue weighted by Crippen LogP contribution is 2.42. The van der Waals surface area contributed by atoms with Gasteiger partial charge in [-0.05, 0) is 48.0 Å². The van der Waals surface area contributed by atoms with Crippen LogP contribution in [0.3, 0.4) is 0 Å². The number of benzene rings is 1. The molecule has 0 bridgehead atoms. The van der Waals surface area contributed by atoms with Crippen LogP contribution in [0.2, 0.25) is 18.1 Å². The van der Waals surface area contributed by atoms with Crippen molar-refractivity contribution in [3.05, 3.63) is 59.8 Å². The van der Waals surface area contributed by atoms with Crippen molar-refractivity contribution < 1.29 is 13.2 Å². The van der Waals surface area contributed by atoms with Crippen molar-refractivity contribution in [3.63, 3.8) is 0 Å². The minimum atomic E-state index is -2.04. The Morgan fingerprint density at radius 1 is 1.13 bits per heavy atom. The second-order valence-corrected chi connectivity index (χ2v) is 12.1. The van der Waals surface area contributed by atoms with Crippen LogP contribution in [-0.4, -0.2) is 8.32 Å². The van der Waals surface area contributed by atoms with Gasteiger partial charge < -0.3 is 14.6 Å². The third kappa shape index (κ3) is 4.10. The van der Waals surface area contributed by atoms with Crippen molar-refractivity contribution in [2.75, 3.05) is 0 Å². The molecule has 5 heteroatoms. The van der Waals surface area contributed by atoms with Gasteiger partial charge in [0.1, 0.15) is 17.7 Å². The molecule has 0 radical (unpaired) electrons. The molecule has 3 nitrogen and oxygen atoms in total. The van der Waals surface area contributed by atoms with Crippen molar-refractivity contribution in [3.8, 4) is 0 Å². The maximum atomic E-state index is 13.2. The van der Waals surface area contributed by atoms with E-state index in [1.807, 2.05) is 12.1 Å². The monoisotopic (exact) mass is 335 g/mol. The second kappa shape index (κ2) is 6.59. The van der Waals surface area contributed by atoms with Gasteiger partial charge >= 0.3 is 0 Å². The largest absolute Gasteiger partial charge is 0.467 e. The highest BCUT2D eigenvalue weighted by Gasteiger charge is 2.41. The molecule has 0 saturated carbocycles. The first-order valence-electron chi connectivity index (χ1n) is 7.84. The van der Waals surface area contributed by atoms with Crippen molar-refractivity contribution >= 4 is 8.32 Å². The van der Waals surface area contributed by atoms with Crippen LogP contribution in [0.4, 0.5) is 4.39 Å². The van der Waals surface area contributed by atoms with E-state index in [4.69, 9.17) is 14.6 Å². The summed E-state index contributed by atoms with van der Waals surface area (Å²) < 4.78 is 25.3. The van der Waals surface area contributed by atoms with Crippen LogP contribution in [0.5, 0.6) is 0 Å². The summed E-state index contributed by atoms with van der Waals surface area (Å²) in [5.41, 5.74) is 7.27. The van der Waals surface area contributed by atoms with Crippen molar-refractivity contribution in [2.45, 2.75) is 51.0 Å². The Morgan fingerprint density at radius 2 is 1.74 bits per heavy atom. The average Bonchev–Trinajstić information content (AvgIpc) is 2.97. The minimum Gasteiger partial charge on any atom is -0.467 e. The van der Waals surface area contributed by atoms with E-state index in [2.05, 4.69) is 33.9 Å². The molecular formula is C18H26FNO2Si. The molecule has 1 aromatic carbocycles. The first kappa shape index (κ1) is 17.9. The Labute approximate surface area is 138 Å². The van der Waals surface area contributed by atoms with Gasteiger partial charge in [-0.3, -0.25) is 0 Å². The molecule has 0 aliphatic rings. The van der Waals surface area contributed by atoms with E-state index in [1.54, 1.807) is 18.4 Å². The summed E-state index contributed by atoms with van der Waals surface area (Å²) in [5, 5.41) is 0.0559. The van der Waals surface area contributed by atoms with Crippen molar-refractivity contribution in [1.82, 2.24) is 0 Å². The maximum absolute atomic E-state index is 13.2. The van der Waals surface area contributed by atoms with Crippen LogP contribution in [0.1, 0.15) is 44.2 Å². The molecule has 2 atom stereocenters. The highest BCUT2D eigenvalue weighted by atomic mass is 28.4. The fraction of sp³-hybridized carbons (Fsp3) is 0.444. The predicted molar refractivity (Wildman–Crippen MR) is 93.1 cm³/mol. The number of hydrogen-bond acceptors (Lipinski definition) is 3. The van der Waals surface area contributed by atoms with E-state index in [0.29, 0.717) is 5.76 Å². The summed E-state index contributed by atoms with van der Waals surface area (Å²) in [7, 11) is -2.04. The Kier molecular flexibility index (Phi) is 5.13. The molecule has 0 unspecified atom stereocenters. The molecule has 2 N–H and O–H groups in total. The average molecular weight is 335 g/mol. The van der Waals surface area contributed by atoms with Crippen molar-refractivity contribution in [2.24, 2.45) is 5.73 Å². The van der Waals surface area contributed by atoms with Gasteiger partial charge in [0.2, 0.25) is 0 Å². The zero-order chi connectivity index (χ0) is 17.3. The summed E-state index contributed by atoms with van der Waals surface area (Å²) in [6.07, 6.45) is 1.23. The summed E-state index contributed by atoms with van der Waals surface area (Å²) in [6, 6.07) is 9.52. The number of rotatable bonds is 5. The number of furan rings is 1. The van der Waals surface area contributed by atoms with Crippen LogP contribution in [0, 0.1) is 5.82 Å². The lowest BCUT2D eigenvalue weighted by Crippen LogP contribution is -2.43. The van der Waals surface area contributed by atoms with E-state index < -0.39 is 20.5 Å². The van der Waals surface area contributed by atoms with Crippen LogP contribution >= 0.6 is 0 Å². The quantitative estimate of drug-likeness (QED) is 0.766. The third-order valence-electron chi connectivity index (χ3n) is 4.63. The summed E-state index contributed by atoms with van der Waals surface area (Å²) in [4.78, 5) is 0. The Balaban J connectivity index is 2.34. The first-order chi connectivity index (χ1) is 10.6. The molecule has 1 heterocycles. The van der Waals surface area contributed by atoms with Crippen LogP contribution < -0.4 is 5.73 Å². The molecule has 0 amide bonds. The van der Waals surface area contributed by atoms with Gasteiger partial charge in [-0.2, -0.15) is 0 Å². The molecule has 1 aromatic heterocycles. The Hall–Kier alpha value is -1.43. The van der Waals surface area contributed by atoms with E-state index >= 15 is 0 Å². The molecule has 0 spiro atoms.